The van der Waals surface area contributed by atoms with Gasteiger partial charge in [0.05, 0.1) is 25.2 Å². The Morgan fingerprint density at radius 3 is 2.46 bits per heavy atom. The molecule has 2 heterocycles. The Hall–Kier alpha value is -1.76. The highest BCUT2D eigenvalue weighted by Gasteiger charge is 2.53. The molecule has 0 spiro atoms. The molecule has 4 rings (SSSR count). The molecule has 0 unspecified atom stereocenters. The van der Waals surface area contributed by atoms with Gasteiger partial charge in [-0.15, -0.1) is 0 Å². The zero-order valence-corrected chi connectivity index (χ0v) is 15.8. The van der Waals surface area contributed by atoms with Gasteiger partial charge in [-0.3, -0.25) is 9.69 Å². The lowest BCUT2D eigenvalue weighted by molar-refractivity contribution is -0.162. The van der Waals surface area contributed by atoms with Crippen molar-refractivity contribution in [1.29, 1.82) is 0 Å². The van der Waals surface area contributed by atoms with Gasteiger partial charge in [-0.05, 0) is 35.4 Å². The van der Waals surface area contributed by atoms with Crippen LogP contribution in [0.2, 0.25) is 0 Å². The molecule has 1 N–H and O–H groups in total. The number of hydrogen-bond donors (Lipinski definition) is 1. The predicted octanol–water partition coefficient (Wildman–Crippen LogP) is 2.76. The lowest BCUT2D eigenvalue weighted by atomic mass is 9.74. The van der Waals surface area contributed by atoms with Crippen LogP contribution in [0, 0.1) is 5.82 Å². The molecule has 2 aromatic carbocycles. The smallest absolute Gasteiger partial charge is 0.237 e. The van der Waals surface area contributed by atoms with Crippen molar-refractivity contribution >= 4 is 21.8 Å². The number of benzene rings is 2. The zero-order valence-electron chi connectivity index (χ0n) is 14.2. The van der Waals surface area contributed by atoms with Crippen molar-refractivity contribution in [3.63, 3.8) is 0 Å². The average molecular weight is 419 g/mol. The van der Waals surface area contributed by atoms with Gasteiger partial charge in [-0.2, -0.15) is 0 Å². The first-order chi connectivity index (χ1) is 12.6. The fourth-order valence-corrected chi connectivity index (χ4v) is 4.48. The minimum absolute atomic E-state index is 0.0269. The summed E-state index contributed by atoms with van der Waals surface area (Å²) in [4.78, 5) is 16.6. The number of carbonyl (C=O) groups is 1. The zero-order chi connectivity index (χ0) is 18.3. The third kappa shape index (κ3) is 3.17. The van der Waals surface area contributed by atoms with Crippen molar-refractivity contribution in [2.24, 2.45) is 0 Å². The van der Waals surface area contributed by atoms with Crippen LogP contribution in [-0.2, 0) is 11.3 Å². The number of rotatable bonds is 4. The Bertz CT molecular complexity index is 796. The molecule has 0 radical (unpaired) electrons. The highest BCUT2D eigenvalue weighted by molar-refractivity contribution is 9.10. The molecular formula is C20H20BrFN2O2. The third-order valence-electron chi connectivity index (χ3n) is 5.40. The molecular weight excluding hydrogens is 399 g/mol. The molecule has 2 aromatic rings. The predicted molar refractivity (Wildman–Crippen MR) is 100 cm³/mol. The standard InChI is InChI=1S/C20H20BrFN2O2/c21-15-5-3-14(4-6-15)20-17-10-23(9-13-1-7-16(22)8-2-13)11-19(26)24(17)18(20)12-25/h1-8,17-18,20,25H,9-12H2/t17-,18-,20-/m1/s1. The molecule has 2 saturated heterocycles. The second kappa shape index (κ2) is 7.10. The number of aliphatic hydroxyl groups is 1. The molecule has 2 aliphatic rings. The SMILES string of the molecule is O=C1CN(Cc2ccc(F)cc2)C[C@@H]2[C@@H](c3ccc(Br)cc3)[C@@H](CO)N12. The number of fused-ring (bicyclic) bond motifs is 1. The van der Waals surface area contributed by atoms with Crippen LogP contribution in [-0.4, -0.2) is 52.6 Å². The summed E-state index contributed by atoms with van der Waals surface area (Å²) in [5, 5.41) is 9.80. The minimum atomic E-state index is -0.255. The number of amides is 1. The molecule has 4 nitrogen and oxygen atoms in total. The highest BCUT2D eigenvalue weighted by Crippen LogP contribution is 2.43. The van der Waals surface area contributed by atoms with Crippen molar-refractivity contribution in [3.05, 3.63) is 69.9 Å². The second-order valence-electron chi connectivity index (χ2n) is 6.99. The Kier molecular flexibility index (Phi) is 4.82. The summed E-state index contributed by atoms with van der Waals surface area (Å²) in [6.07, 6.45) is 0. The number of aliphatic hydroxyl groups excluding tert-OH is 1. The lowest BCUT2D eigenvalue weighted by Gasteiger charge is -2.59. The number of nitrogens with zero attached hydrogens (tertiary/aromatic N) is 2. The maximum Gasteiger partial charge on any atom is 0.237 e. The van der Waals surface area contributed by atoms with E-state index < -0.39 is 0 Å². The second-order valence-corrected chi connectivity index (χ2v) is 7.91. The van der Waals surface area contributed by atoms with Crippen LogP contribution in [0.3, 0.4) is 0 Å². The lowest BCUT2D eigenvalue weighted by Crippen LogP contribution is -2.72. The summed E-state index contributed by atoms with van der Waals surface area (Å²) in [6, 6.07) is 14.4. The van der Waals surface area contributed by atoms with Crippen LogP contribution < -0.4 is 0 Å². The van der Waals surface area contributed by atoms with Crippen molar-refractivity contribution < 1.29 is 14.3 Å². The van der Waals surface area contributed by atoms with Crippen LogP contribution in [0.25, 0.3) is 0 Å². The van der Waals surface area contributed by atoms with Crippen LogP contribution in [0.5, 0.6) is 0 Å². The van der Waals surface area contributed by atoms with Crippen LogP contribution in [0.15, 0.2) is 53.0 Å². The highest BCUT2D eigenvalue weighted by atomic mass is 79.9. The summed E-state index contributed by atoms with van der Waals surface area (Å²) in [5.41, 5.74) is 2.14. The van der Waals surface area contributed by atoms with Gasteiger partial charge in [0.1, 0.15) is 5.82 Å². The van der Waals surface area contributed by atoms with E-state index in [9.17, 15) is 14.3 Å². The molecule has 0 aliphatic carbocycles. The fraction of sp³-hybridized carbons (Fsp3) is 0.350. The van der Waals surface area contributed by atoms with Gasteiger partial charge < -0.3 is 10.0 Å². The van der Waals surface area contributed by atoms with E-state index in [-0.39, 0.29) is 36.3 Å². The molecule has 1 amide bonds. The molecule has 6 heteroatoms. The van der Waals surface area contributed by atoms with E-state index in [4.69, 9.17) is 0 Å². The summed E-state index contributed by atoms with van der Waals surface area (Å²) in [5.74, 6) is -0.0708. The molecule has 0 saturated carbocycles. The Morgan fingerprint density at radius 2 is 1.81 bits per heavy atom. The monoisotopic (exact) mass is 418 g/mol. The van der Waals surface area contributed by atoms with Crippen molar-refractivity contribution in [2.45, 2.75) is 24.5 Å². The van der Waals surface area contributed by atoms with Crippen LogP contribution in [0.4, 0.5) is 4.39 Å². The molecule has 2 fully saturated rings. The summed E-state index contributed by atoms with van der Waals surface area (Å²) >= 11 is 3.45. The molecule has 136 valence electrons. The average Bonchev–Trinajstić information content (AvgIpc) is 2.61. The van der Waals surface area contributed by atoms with E-state index in [0.717, 1.165) is 22.1 Å². The number of hydrogen-bond acceptors (Lipinski definition) is 3. The van der Waals surface area contributed by atoms with Gasteiger partial charge in [0.2, 0.25) is 5.91 Å². The first kappa shape index (κ1) is 17.6. The van der Waals surface area contributed by atoms with E-state index in [1.165, 1.54) is 12.1 Å². The number of halogens is 2. The maximum atomic E-state index is 13.1. The maximum absolute atomic E-state index is 13.1. The van der Waals surface area contributed by atoms with Crippen LogP contribution >= 0.6 is 15.9 Å². The van der Waals surface area contributed by atoms with Gasteiger partial charge in [-0.1, -0.05) is 40.2 Å². The van der Waals surface area contributed by atoms with Crippen molar-refractivity contribution in [1.82, 2.24) is 9.80 Å². The van der Waals surface area contributed by atoms with E-state index in [1.54, 1.807) is 12.1 Å². The number of piperazine rings is 1. The summed E-state index contributed by atoms with van der Waals surface area (Å²) < 4.78 is 14.1. The number of carbonyl (C=O) groups excluding carboxylic acids is 1. The van der Waals surface area contributed by atoms with Gasteiger partial charge in [-0.25, -0.2) is 4.39 Å². The van der Waals surface area contributed by atoms with Gasteiger partial charge >= 0.3 is 0 Å². The minimum Gasteiger partial charge on any atom is -0.394 e. The van der Waals surface area contributed by atoms with Crippen molar-refractivity contribution in [3.8, 4) is 0 Å². The first-order valence-corrected chi connectivity index (χ1v) is 9.50. The van der Waals surface area contributed by atoms with E-state index in [1.807, 2.05) is 17.0 Å². The Labute approximate surface area is 160 Å². The third-order valence-corrected chi connectivity index (χ3v) is 5.93. The summed E-state index contributed by atoms with van der Waals surface area (Å²) in [7, 11) is 0. The molecule has 0 aromatic heterocycles. The van der Waals surface area contributed by atoms with Gasteiger partial charge in [0.25, 0.3) is 0 Å². The molecule has 26 heavy (non-hydrogen) atoms. The van der Waals surface area contributed by atoms with Gasteiger partial charge in [0.15, 0.2) is 0 Å². The van der Waals surface area contributed by atoms with E-state index in [2.05, 4.69) is 33.0 Å². The Balaban J connectivity index is 1.53. The molecule has 3 atom stereocenters. The molecule has 2 aliphatic heterocycles. The van der Waals surface area contributed by atoms with E-state index >= 15 is 0 Å². The Morgan fingerprint density at radius 1 is 1.12 bits per heavy atom. The quantitative estimate of drug-likeness (QED) is 0.829. The van der Waals surface area contributed by atoms with E-state index in [0.29, 0.717) is 13.1 Å². The topological polar surface area (TPSA) is 43.8 Å². The van der Waals surface area contributed by atoms with Gasteiger partial charge in [0, 0.05) is 23.5 Å². The van der Waals surface area contributed by atoms with Crippen LogP contribution in [0.1, 0.15) is 17.0 Å². The van der Waals surface area contributed by atoms with Crippen molar-refractivity contribution in [2.75, 3.05) is 19.7 Å². The fourth-order valence-electron chi connectivity index (χ4n) is 4.22. The molecule has 0 bridgehead atoms. The normalized spacial score (nSPS) is 25.7. The largest absolute Gasteiger partial charge is 0.394 e. The first-order valence-electron chi connectivity index (χ1n) is 8.71. The summed E-state index contributed by atoms with van der Waals surface area (Å²) in [6.45, 7) is 1.67.